The van der Waals surface area contributed by atoms with Crippen molar-refractivity contribution in [1.29, 1.82) is 0 Å². The first-order valence-corrected chi connectivity index (χ1v) is 13.3. The molecule has 2 aromatic carbocycles. The fourth-order valence-electron chi connectivity index (χ4n) is 4.89. The van der Waals surface area contributed by atoms with Crippen LogP contribution in [0.5, 0.6) is 23.0 Å². The summed E-state index contributed by atoms with van der Waals surface area (Å²) in [5.41, 5.74) is -0.807. The largest absolute Gasteiger partial charge is 0.507 e. The van der Waals surface area contributed by atoms with Gasteiger partial charge in [-0.2, -0.15) is 0 Å². The second-order valence-electron chi connectivity index (χ2n) is 10.2. The first-order chi connectivity index (χ1) is 20.4. The zero-order valence-electron chi connectivity index (χ0n) is 22.9. The molecule has 2 aliphatic heterocycles. The van der Waals surface area contributed by atoms with Crippen LogP contribution in [0.4, 0.5) is 0 Å². The molecule has 0 aliphatic carbocycles. The topological polar surface area (TPSA) is 238 Å². The van der Waals surface area contributed by atoms with Crippen molar-refractivity contribution in [2.24, 2.45) is 0 Å². The van der Waals surface area contributed by atoms with E-state index >= 15 is 0 Å². The summed E-state index contributed by atoms with van der Waals surface area (Å²) in [6, 6.07) is 8.45. The van der Waals surface area contributed by atoms with Gasteiger partial charge >= 0.3 is 0 Å². The van der Waals surface area contributed by atoms with Gasteiger partial charge in [-0.15, -0.1) is 0 Å². The zero-order valence-corrected chi connectivity index (χ0v) is 22.9. The number of aromatic hydroxyl groups is 1. The van der Waals surface area contributed by atoms with Gasteiger partial charge in [0.05, 0.1) is 19.8 Å². The van der Waals surface area contributed by atoms with Crippen molar-refractivity contribution in [3.8, 4) is 34.3 Å². The van der Waals surface area contributed by atoms with Gasteiger partial charge in [0.1, 0.15) is 70.9 Å². The average Bonchev–Trinajstić information content (AvgIpc) is 2.99. The maximum Gasteiger partial charge on any atom is 0.239 e. The van der Waals surface area contributed by atoms with E-state index in [1.54, 1.807) is 24.3 Å². The standard InChI is InChI=1S/C28H32O15/c1-10-18(31)21(34)23(36)27(39-10)43-26-20(33)17-14(30)7-13(40-28-24(37)22(35)19(32)16(9-29)42-28)8-15(17)41-25(26)11-3-5-12(38-2)6-4-11/h3-8,10,16,18-19,21-24,27-32,34-37H,9H2,1-2H3/t10?,16?,18-,19+,21?,22-,23-,24?,27-,28+/m0/s1. The van der Waals surface area contributed by atoms with Crippen molar-refractivity contribution in [3.05, 3.63) is 46.6 Å². The van der Waals surface area contributed by atoms with Crippen LogP contribution < -0.4 is 19.6 Å². The Morgan fingerprint density at radius 3 is 2.05 bits per heavy atom. The van der Waals surface area contributed by atoms with Crippen molar-refractivity contribution >= 4 is 11.0 Å². The molecule has 2 fully saturated rings. The van der Waals surface area contributed by atoms with E-state index in [1.807, 2.05) is 0 Å². The molecule has 234 valence electrons. The van der Waals surface area contributed by atoms with E-state index in [0.29, 0.717) is 11.3 Å². The number of hydrogen-bond donors (Lipinski definition) is 8. The average molecular weight is 609 g/mol. The number of benzene rings is 2. The van der Waals surface area contributed by atoms with Gasteiger partial charge < -0.3 is 69.0 Å². The molecule has 0 bridgehead atoms. The summed E-state index contributed by atoms with van der Waals surface area (Å²) in [5.74, 6) is -1.00. The van der Waals surface area contributed by atoms with Crippen molar-refractivity contribution < 1.29 is 69.0 Å². The number of methoxy groups -OCH3 is 1. The molecule has 0 amide bonds. The van der Waals surface area contributed by atoms with Crippen molar-refractivity contribution in [3.63, 3.8) is 0 Å². The summed E-state index contributed by atoms with van der Waals surface area (Å²) < 4.78 is 33.4. The van der Waals surface area contributed by atoms with Gasteiger partial charge in [0.15, 0.2) is 5.76 Å². The third kappa shape index (κ3) is 5.74. The first-order valence-electron chi connectivity index (χ1n) is 13.3. The molecule has 10 atom stereocenters. The summed E-state index contributed by atoms with van der Waals surface area (Å²) >= 11 is 0. The first kappa shape index (κ1) is 30.9. The van der Waals surface area contributed by atoms with Crippen LogP contribution in [0.1, 0.15) is 6.92 Å². The van der Waals surface area contributed by atoms with E-state index in [1.165, 1.54) is 20.1 Å². The van der Waals surface area contributed by atoms with Gasteiger partial charge in [0, 0.05) is 17.7 Å². The Bertz CT molecular complexity index is 1490. The lowest BCUT2D eigenvalue weighted by Crippen LogP contribution is -2.60. The molecule has 4 unspecified atom stereocenters. The van der Waals surface area contributed by atoms with E-state index in [2.05, 4.69) is 0 Å². The van der Waals surface area contributed by atoms with Crippen LogP contribution in [0, 0.1) is 0 Å². The Labute approximate surface area is 243 Å². The lowest BCUT2D eigenvalue weighted by atomic mass is 9.99. The Balaban J connectivity index is 1.58. The summed E-state index contributed by atoms with van der Waals surface area (Å²) in [4.78, 5) is 13.8. The lowest BCUT2D eigenvalue weighted by molar-refractivity contribution is -0.277. The number of hydrogen-bond acceptors (Lipinski definition) is 15. The number of phenolic OH excluding ortho intramolecular Hbond substituents is 1. The lowest BCUT2D eigenvalue weighted by Gasteiger charge is -2.39. The quantitative estimate of drug-likeness (QED) is 0.153. The van der Waals surface area contributed by atoms with Crippen molar-refractivity contribution in [2.75, 3.05) is 13.7 Å². The third-order valence-corrected chi connectivity index (χ3v) is 7.40. The second kappa shape index (κ2) is 12.2. The molecular formula is C28H32O15. The fourth-order valence-corrected chi connectivity index (χ4v) is 4.89. The molecule has 0 radical (unpaired) electrons. The molecule has 15 heteroatoms. The minimum absolute atomic E-state index is 0.173. The normalized spacial score (nSPS) is 32.9. The van der Waals surface area contributed by atoms with Crippen LogP contribution in [-0.2, 0) is 9.47 Å². The highest BCUT2D eigenvalue weighted by atomic mass is 16.7. The van der Waals surface area contributed by atoms with Crippen LogP contribution in [0.3, 0.4) is 0 Å². The Morgan fingerprint density at radius 1 is 0.791 bits per heavy atom. The maximum absolute atomic E-state index is 13.8. The number of rotatable bonds is 7. The zero-order chi connectivity index (χ0) is 31.2. The molecule has 3 aromatic rings. The summed E-state index contributed by atoms with van der Waals surface area (Å²) in [7, 11) is 1.46. The summed E-state index contributed by atoms with van der Waals surface area (Å²) in [6.07, 6.45) is -15.3. The molecule has 43 heavy (non-hydrogen) atoms. The minimum atomic E-state index is -1.76. The van der Waals surface area contributed by atoms with Gasteiger partial charge in [0.2, 0.25) is 23.8 Å². The number of aliphatic hydroxyl groups excluding tert-OH is 7. The Kier molecular flexibility index (Phi) is 8.80. The SMILES string of the molecule is COc1ccc(-c2oc3cc(O[C@@H]4OC(CO)[C@@H](O)[C@H](O)C4O)cc(O)c3c(=O)c2O[C@@H]2OC(C)[C@H](O)C(O)[C@@H]2O)cc1. The third-order valence-electron chi connectivity index (χ3n) is 7.40. The van der Waals surface area contributed by atoms with Gasteiger partial charge in [0.25, 0.3) is 0 Å². The van der Waals surface area contributed by atoms with E-state index < -0.39 is 84.9 Å². The van der Waals surface area contributed by atoms with Crippen LogP contribution in [0.2, 0.25) is 0 Å². The molecule has 8 N–H and O–H groups in total. The van der Waals surface area contributed by atoms with Gasteiger partial charge in [-0.05, 0) is 31.2 Å². The molecule has 2 aliphatic rings. The Morgan fingerprint density at radius 2 is 1.42 bits per heavy atom. The van der Waals surface area contributed by atoms with E-state index in [0.717, 1.165) is 6.07 Å². The highest BCUT2D eigenvalue weighted by molar-refractivity contribution is 5.88. The molecule has 3 heterocycles. The van der Waals surface area contributed by atoms with Gasteiger partial charge in [-0.25, -0.2) is 0 Å². The molecule has 15 nitrogen and oxygen atoms in total. The Hall–Kier alpha value is -3.51. The van der Waals surface area contributed by atoms with Crippen molar-refractivity contribution in [2.45, 2.75) is 68.3 Å². The van der Waals surface area contributed by atoms with Crippen LogP contribution >= 0.6 is 0 Å². The van der Waals surface area contributed by atoms with Crippen molar-refractivity contribution in [1.82, 2.24) is 0 Å². The van der Waals surface area contributed by atoms with Crippen LogP contribution in [0.15, 0.2) is 45.6 Å². The van der Waals surface area contributed by atoms with E-state index in [9.17, 15) is 45.6 Å². The molecule has 2 saturated heterocycles. The number of ether oxygens (including phenoxy) is 5. The molecule has 0 saturated carbocycles. The van der Waals surface area contributed by atoms with Crippen LogP contribution in [0.25, 0.3) is 22.3 Å². The molecular weight excluding hydrogens is 576 g/mol. The summed E-state index contributed by atoms with van der Waals surface area (Å²) in [6.45, 7) is 0.747. The minimum Gasteiger partial charge on any atom is -0.507 e. The predicted molar refractivity (Wildman–Crippen MR) is 144 cm³/mol. The number of aliphatic hydroxyl groups is 7. The number of phenols is 1. The predicted octanol–water partition coefficient (Wildman–Crippen LogP) is -1.44. The maximum atomic E-state index is 13.8. The van der Waals surface area contributed by atoms with E-state index in [-0.39, 0.29) is 22.5 Å². The highest BCUT2D eigenvalue weighted by Crippen LogP contribution is 2.38. The van der Waals surface area contributed by atoms with E-state index in [4.69, 9.17) is 28.1 Å². The van der Waals surface area contributed by atoms with Crippen LogP contribution in [-0.4, -0.2) is 116 Å². The van der Waals surface area contributed by atoms with Gasteiger partial charge in [-0.1, -0.05) is 0 Å². The fraction of sp³-hybridized carbons (Fsp3) is 0.464. The van der Waals surface area contributed by atoms with Gasteiger partial charge in [-0.3, -0.25) is 4.79 Å². The monoisotopic (exact) mass is 608 g/mol. The smallest absolute Gasteiger partial charge is 0.239 e. The highest BCUT2D eigenvalue weighted by Gasteiger charge is 2.45. The number of fused-ring (bicyclic) bond motifs is 1. The second-order valence-corrected chi connectivity index (χ2v) is 10.2. The molecule has 1 aromatic heterocycles. The molecule has 0 spiro atoms. The summed E-state index contributed by atoms with van der Waals surface area (Å²) in [5, 5.41) is 81.2. The molecule has 5 rings (SSSR count).